The van der Waals surface area contributed by atoms with Gasteiger partial charge in [-0.1, -0.05) is 0 Å². The van der Waals surface area contributed by atoms with E-state index in [1.165, 1.54) is 17.7 Å². The zero-order chi connectivity index (χ0) is 15.5. The molecule has 0 fully saturated rings. The SMILES string of the molecule is Cc1ccsc1CNC(=O)NC1CCSc2ccc(F)cc21. The van der Waals surface area contributed by atoms with Gasteiger partial charge in [0.25, 0.3) is 0 Å². The maximum absolute atomic E-state index is 13.4. The van der Waals surface area contributed by atoms with E-state index in [-0.39, 0.29) is 17.9 Å². The highest BCUT2D eigenvalue weighted by atomic mass is 32.2. The minimum Gasteiger partial charge on any atom is -0.333 e. The van der Waals surface area contributed by atoms with Gasteiger partial charge in [0, 0.05) is 15.5 Å². The Morgan fingerprint density at radius 1 is 1.41 bits per heavy atom. The summed E-state index contributed by atoms with van der Waals surface area (Å²) in [6, 6.07) is 6.48. The second kappa shape index (κ2) is 6.71. The van der Waals surface area contributed by atoms with E-state index < -0.39 is 0 Å². The van der Waals surface area contributed by atoms with Gasteiger partial charge in [-0.15, -0.1) is 23.1 Å². The first-order chi connectivity index (χ1) is 10.6. The van der Waals surface area contributed by atoms with Gasteiger partial charge in [0.1, 0.15) is 5.82 Å². The Morgan fingerprint density at radius 3 is 3.05 bits per heavy atom. The van der Waals surface area contributed by atoms with Crippen molar-refractivity contribution in [3.8, 4) is 0 Å². The minimum atomic E-state index is -0.261. The van der Waals surface area contributed by atoms with Crippen LogP contribution in [-0.2, 0) is 6.54 Å². The molecule has 22 heavy (non-hydrogen) atoms. The molecule has 0 spiro atoms. The van der Waals surface area contributed by atoms with E-state index in [1.54, 1.807) is 29.2 Å². The van der Waals surface area contributed by atoms with E-state index in [0.29, 0.717) is 6.54 Å². The van der Waals surface area contributed by atoms with Gasteiger partial charge in [-0.05, 0) is 54.1 Å². The molecular formula is C16H17FN2OS2. The second-order valence-electron chi connectivity index (χ2n) is 5.23. The van der Waals surface area contributed by atoms with E-state index in [9.17, 15) is 9.18 Å². The van der Waals surface area contributed by atoms with E-state index in [2.05, 4.69) is 10.6 Å². The number of benzene rings is 1. The third-order valence-corrected chi connectivity index (χ3v) is 5.84. The number of fused-ring (bicyclic) bond motifs is 1. The molecule has 2 amide bonds. The molecule has 0 saturated heterocycles. The molecule has 1 atom stereocenters. The monoisotopic (exact) mass is 336 g/mol. The van der Waals surface area contributed by atoms with Gasteiger partial charge in [0.15, 0.2) is 0 Å². The van der Waals surface area contributed by atoms with Crippen molar-refractivity contribution < 1.29 is 9.18 Å². The molecule has 1 unspecified atom stereocenters. The summed E-state index contributed by atoms with van der Waals surface area (Å²) in [7, 11) is 0. The van der Waals surface area contributed by atoms with Crippen molar-refractivity contribution >= 4 is 29.1 Å². The first-order valence-corrected chi connectivity index (χ1v) is 8.99. The molecule has 3 rings (SSSR count). The van der Waals surface area contributed by atoms with Crippen LogP contribution < -0.4 is 10.6 Å². The number of aryl methyl sites for hydroxylation is 1. The van der Waals surface area contributed by atoms with Crippen molar-refractivity contribution in [2.45, 2.75) is 30.8 Å². The Labute approximate surface area is 137 Å². The van der Waals surface area contributed by atoms with Crippen molar-refractivity contribution in [1.29, 1.82) is 0 Å². The molecule has 2 aromatic rings. The zero-order valence-corrected chi connectivity index (χ0v) is 13.8. The van der Waals surface area contributed by atoms with Crippen LogP contribution in [0.4, 0.5) is 9.18 Å². The number of halogens is 1. The summed E-state index contributed by atoms with van der Waals surface area (Å²) in [5, 5.41) is 7.85. The Hall–Kier alpha value is -1.53. The van der Waals surface area contributed by atoms with Crippen LogP contribution in [0, 0.1) is 12.7 Å². The molecule has 1 aromatic carbocycles. The lowest BCUT2D eigenvalue weighted by Crippen LogP contribution is -2.38. The number of nitrogens with one attached hydrogen (secondary N) is 2. The number of rotatable bonds is 3. The van der Waals surface area contributed by atoms with Crippen LogP contribution >= 0.6 is 23.1 Å². The first kappa shape index (κ1) is 15.4. The number of urea groups is 1. The van der Waals surface area contributed by atoms with E-state index in [0.717, 1.165) is 27.5 Å². The van der Waals surface area contributed by atoms with Crippen molar-refractivity contribution in [3.05, 3.63) is 51.5 Å². The molecule has 0 aliphatic carbocycles. The molecule has 0 radical (unpaired) electrons. The van der Waals surface area contributed by atoms with Gasteiger partial charge >= 0.3 is 6.03 Å². The number of thiophene rings is 1. The van der Waals surface area contributed by atoms with Crippen LogP contribution in [0.5, 0.6) is 0 Å². The molecular weight excluding hydrogens is 319 g/mol. The third-order valence-electron chi connectivity index (χ3n) is 3.69. The van der Waals surface area contributed by atoms with Crippen LogP contribution in [-0.4, -0.2) is 11.8 Å². The molecule has 1 aliphatic rings. The molecule has 2 heterocycles. The molecule has 3 nitrogen and oxygen atoms in total. The lowest BCUT2D eigenvalue weighted by molar-refractivity contribution is 0.236. The number of carbonyl (C=O) groups excluding carboxylic acids is 1. The molecule has 1 aliphatic heterocycles. The van der Waals surface area contributed by atoms with Crippen molar-refractivity contribution in [3.63, 3.8) is 0 Å². The van der Waals surface area contributed by atoms with Crippen LogP contribution in [0.15, 0.2) is 34.5 Å². The third kappa shape index (κ3) is 3.44. The highest BCUT2D eigenvalue weighted by molar-refractivity contribution is 7.99. The Balaban J connectivity index is 1.63. The van der Waals surface area contributed by atoms with Crippen LogP contribution in [0.25, 0.3) is 0 Å². The van der Waals surface area contributed by atoms with Crippen LogP contribution in [0.1, 0.15) is 28.5 Å². The fourth-order valence-electron chi connectivity index (χ4n) is 2.47. The van der Waals surface area contributed by atoms with Gasteiger partial charge in [0.2, 0.25) is 0 Å². The summed E-state index contributed by atoms with van der Waals surface area (Å²) in [5.74, 6) is 0.663. The van der Waals surface area contributed by atoms with E-state index >= 15 is 0 Å². The summed E-state index contributed by atoms with van der Waals surface area (Å²) in [4.78, 5) is 14.3. The summed E-state index contributed by atoms with van der Waals surface area (Å²) in [6.07, 6.45) is 0.812. The van der Waals surface area contributed by atoms with Crippen molar-refractivity contribution in [2.24, 2.45) is 0 Å². The topological polar surface area (TPSA) is 41.1 Å². The maximum Gasteiger partial charge on any atom is 0.315 e. The molecule has 116 valence electrons. The summed E-state index contributed by atoms with van der Waals surface area (Å²) in [6.45, 7) is 2.55. The number of hydrogen-bond acceptors (Lipinski definition) is 3. The van der Waals surface area contributed by atoms with Crippen molar-refractivity contribution in [2.75, 3.05) is 5.75 Å². The average molecular weight is 336 g/mol. The predicted molar refractivity (Wildman–Crippen MR) is 88.9 cm³/mol. The van der Waals surface area contributed by atoms with Gasteiger partial charge in [-0.25, -0.2) is 9.18 Å². The first-order valence-electron chi connectivity index (χ1n) is 7.13. The van der Waals surface area contributed by atoms with Gasteiger partial charge < -0.3 is 10.6 Å². The molecule has 0 bridgehead atoms. The predicted octanol–water partition coefficient (Wildman–Crippen LogP) is 4.23. The van der Waals surface area contributed by atoms with Crippen LogP contribution in [0.3, 0.4) is 0 Å². The number of thioether (sulfide) groups is 1. The molecule has 1 aromatic heterocycles. The molecule has 0 saturated carbocycles. The summed E-state index contributed by atoms with van der Waals surface area (Å²) < 4.78 is 13.4. The highest BCUT2D eigenvalue weighted by Gasteiger charge is 2.22. The van der Waals surface area contributed by atoms with Gasteiger partial charge in [-0.2, -0.15) is 0 Å². The van der Waals surface area contributed by atoms with Gasteiger partial charge in [0.05, 0.1) is 12.6 Å². The Bertz CT molecular complexity index is 687. The largest absolute Gasteiger partial charge is 0.333 e. The standard InChI is InChI=1S/C16H17FN2OS2/c1-10-4-6-22-15(10)9-18-16(20)19-13-5-7-21-14-3-2-11(17)8-12(13)14/h2-4,6,8,13H,5,7,9H2,1H3,(H2,18,19,20). The zero-order valence-electron chi connectivity index (χ0n) is 12.2. The summed E-state index contributed by atoms with van der Waals surface area (Å²) in [5.41, 5.74) is 2.06. The average Bonchev–Trinajstić information content (AvgIpc) is 2.91. The number of amides is 2. The lowest BCUT2D eigenvalue weighted by atomic mass is 10.0. The summed E-state index contributed by atoms with van der Waals surface area (Å²) >= 11 is 3.34. The highest BCUT2D eigenvalue weighted by Crippen LogP contribution is 2.36. The van der Waals surface area contributed by atoms with E-state index in [1.807, 2.05) is 18.4 Å². The number of hydrogen-bond donors (Lipinski definition) is 2. The molecule has 2 N–H and O–H groups in total. The molecule has 6 heteroatoms. The smallest absolute Gasteiger partial charge is 0.315 e. The number of carbonyl (C=O) groups is 1. The fourth-order valence-corrected chi connectivity index (χ4v) is 4.42. The Morgan fingerprint density at radius 2 is 2.27 bits per heavy atom. The van der Waals surface area contributed by atoms with E-state index in [4.69, 9.17) is 0 Å². The van der Waals surface area contributed by atoms with Crippen molar-refractivity contribution in [1.82, 2.24) is 10.6 Å². The maximum atomic E-state index is 13.4. The lowest BCUT2D eigenvalue weighted by Gasteiger charge is -2.26. The normalized spacial score (nSPS) is 16.9. The van der Waals surface area contributed by atoms with Gasteiger partial charge in [-0.3, -0.25) is 0 Å². The van der Waals surface area contributed by atoms with Crippen LogP contribution in [0.2, 0.25) is 0 Å². The minimum absolute atomic E-state index is 0.128. The fraction of sp³-hybridized carbons (Fsp3) is 0.312. The Kier molecular flexibility index (Phi) is 4.69. The quantitative estimate of drug-likeness (QED) is 0.880. The second-order valence-corrected chi connectivity index (χ2v) is 7.36.